The molecule has 1 spiro atoms. The van der Waals surface area contributed by atoms with Crippen LogP contribution in [0.3, 0.4) is 0 Å². The number of hydrogen-bond acceptors (Lipinski definition) is 6. The molecule has 43 heavy (non-hydrogen) atoms. The van der Waals surface area contributed by atoms with Gasteiger partial charge in [-0.2, -0.15) is 0 Å². The topological polar surface area (TPSA) is 90.4 Å². The fraction of sp³-hybridized carbons (Fsp3) is 0.424. The third-order valence-corrected chi connectivity index (χ3v) is 11.1. The molecule has 0 bridgehead atoms. The van der Waals surface area contributed by atoms with Crippen LogP contribution in [0.1, 0.15) is 26.7 Å². The molecule has 2 aromatic carbocycles. The van der Waals surface area contributed by atoms with Crippen LogP contribution < -0.4 is 14.5 Å². The number of halogens is 1. The zero-order valence-electron chi connectivity index (χ0n) is 24.3. The molecular formula is C33H36ClN3O5S. The second kappa shape index (κ2) is 11.7. The Balaban J connectivity index is 1.43. The van der Waals surface area contributed by atoms with E-state index < -0.39 is 27.4 Å². The van der Waals surface area contributed by atoms with E-state index in [2.05, 4.69) is 6.08 Å². The number of anilines is 2. The first kappa shape index (κ1) is 29.8. The number of nitrogens with zero attached hydrogens (tertiary/aromatic N) is 3. The summed E-state index contributed by atoms with van der Waals surface area (Å²) < 4.78 is 3.93. The van der Waals surface area contributed by atoms with Gasteiger partial charge in [0.15, 0.2) is 0 Å². The van der Waals surface area contributed by atoms with Gasteiger partial charge in [-0.25, -0.2) is 0 Å². The number of aliphatic hydroxyl groups is 1. The summed E-state index contributed by atoms with van der Waals surface area (Å²) in [7, 11) is 0. The van der Waals surface area contributed by atoms with E-state index in [1.165, 1.54) is 0 Å². The van der Waals surface area contributed by atoms with Crippen LogP contribution in [0.25, 0.3) is 0 Å². The molecule has 2 aromatic rings. The summed E-state index contributed by atoms with van der Waals surface area (Å²) in [4.78, 5) is 48.7. The summed E-state index contributed by atoms with van der Waals surface area (Å²) in [5, 5.41) is 9.93. The van der Waals surface area contributed by atoms with Gasteiger partial charge in [0.25, 0.3) is 5.91 Å². The van der Waals surface area contributed by atoms with Crippen LogP contribution in [0.2, 0.25) is 5.02 Å². The van der Waals surface area contributed by atoms with E-state index in [1.807, 2.05) is 74.5 Å². The van der Waals surface area contributed by atoms with Gasteiger partial charge in [-0.3, -0.25) is 14.4 Å². The number of rotatable bonds is 8. The maximum atomic E-state index is 14.6. The van der Waals surface area contributed by atoms with Crippen molar-refractivity contribution in [1.82, 2.24) is 4.90 Å². The Bertz CT molecular complexity index is 1480. The van der Waals surface area contributed by atoms with Gasteiger partial charge in [0, 0.05) is 36.7 Å². The average Bonchev–Trinajstić information content (AvgIpc) is 3.25. The largest absolute Gasteiger partial charge is 0.494 e. The first-order chi connectivity index (χ1) is 20.8. The predicted molar refractivity (Wildman–Crippen MR) is 170 cm³/mol. The smallest absolute Gasteiger partial charge is 0.251 e. The van der Waals surface area contributed by atoms with Crippen LogP contribution in [0.4, 0.5) is 11.4 Å². The van der Waals surface area contributed by atoms with Crippen LogP contribution >= 0.6 is 23.4 Å². The highest BCUT2D eigenvalue weighted by atomic mass is 35.5. The minimum atomic E-state index is -0.954. The molecular weight excluding hydrogens is 586 g/mol. The molecule has 10 heteroatoms. The summed E-state index contributed by atoms with van der Waals surface area (Å²) in [6, 6.07) is 13.8. The number of unbranched alkanes of at least 4 members (excludes halogenated alkanes) is 1. The van der Waals surface area contributed by atoms with Gasteiger partial charge in [0.1, 0.15) is 11.8 Å². The summed E-state index contributed by atoms with van der Waals surface area (Å²) in [5.74, 6) is -1.26. The molecule has 4 aliphatic rings. The highest BCUT2D eigenvalue weighted by molar-refractivity contribution is 8.02. The summed E-state index contributed by atoms with van der Waals surface area (Å²) in [5.41, 5.74) is 1.32. The van der Waals surface area contributed by atoms with Gasteiger partial charge in [0.2, 0.25) is 11.8 Å². The average molecular weight is 622 g/mol. The summed E-state index contributed by atoms with van der Waals surface area (Å²) in [6.07, 6.45) is 9.05. The number of ether oxygens (including phenoxy) is 1. The number of hydrogen-bond donors (Lipinski definition) is 1. The predicted octanol–water partition coefficient (Wildman–Crippen LogP) is 4.70. The first-order valence-corrected chi connectivity index (χ1v) is 16.0. The van der Waals surface area contributed by atoms with Crippen molar-refractivity contribution < 1.29 is 24.2 Å². The maximum absolute atomic E-state index is 14.6. The molecule has 8 nitrogen and oxygen atoms in total. The molecule has 2 saturated heterocycles. The number of carbonyl (C=O) groups is 3. The fourth-order valence-electron chi connectivity index (χ4n) is 7.16. The lowest BCUT2D eigenvalue weighted by atomic mass is 9.74. The molecule has 4 heterocycles. The molecule has 4 aliphatic heterocycles. The summed E-state index contributed by atoms with van der Waals surface area (Å²) >= 11 is 8.11. The first-order valence-electron chi connectivity index (χ1n) is 14.8. The lowest BCUT2D eigenvalue weighted by Crippen LogP contribution is -2.53. The van der Waals surface area contributed by atoms with E-state index in [0.717, 1.165) is 11.4 Å². The molecule has 1 unspecified atom stereocenters. The van der Waals surface area contributed by atoms with Crippen LogP contribution in [0, 0.1) is 11.8 Å². The molecule has 226 valence electrons. The SMILES string of the molecule is CCOc1ccc(N2CC=C[C@]3(C)S[C@]45C=CCN(c6ccccc6Cl)C(=O)C4N(CCCCO)C(=O)[C@@H]5[C@@H]3C2=O)cc1. The van der Waals surface area contributed by atoms with Crippen LogP contribution in [-0.4, -0.2) is 76.1 Å². The number of thioether (sulfide) groups is 1. The van der Waals surface area contributed by atoms with E-state index >= 15 is 0 Å². The fourth-order valence-corrected chi connectivity index (χ4v) is 9.56. The maximum Gasteiger partial charge on any atom is 0.251 e. The quantitative estimate of drug-likeness (QED) is 0.339. The zero-order chi connectivity index (χ0) is 30.4. The van der Waals surface area contributed by atoms with Crippen LogP contribution in [0.15, 0.2) is 72.8 Å². The summed E-state index contributed by atoms with van der Waals surface area (Å²) in [6.45, 7) is 5.48. The number of likely N-dealkylation sites (tertiary alicyclic amines) is 1. The Morgan fingerprint density at radius 2 is 1.65 bits per heavy atom. The minimum Gasteiger partial charge on any atom is -0.494 e. The Kier molecular flexibility index (Phi) is 8.08. The monoisotopic (exact) mass is 621 g/mol. The van der Waals surface area contributed by atoms with Gasteiger partial charge in [-0.15, -0.1) is 11.8 Å². The van der Waals surface area contributed by atoms with E-state index in [0.29, 0.717) is 49.8 Å². The van der Waals surface area contributed by atoms with E-state index in [1.54, 1.807) is 32.5 Å². The van der Waals surface area contributed by atoms with Gasteiger partial charge in [-0.1, -0.05) is 48.0 Å². The number of benzene rings is 2. The third kappa shape index (κ3) is 4.86. The molecule has 2 fully saturated rings. The van der Waals surface area contributed by atoms with Crippen molar-refractivity contribution in [1.29, 1.82) is 0 Å². The second-order valence-electron chi connectivity index (χ2n) is 11.5. The molecule has 0 saturated carbocycles. The molecule has 6 rings (SSSR count). The number of amides is 3. The van der Waals surface area contributed by atoms with Crippen molar-refractivity contribution in [2.45, 2.75) is 42.2 Å². The Morgan fingerprint density at radius 1 is 0.930 bits per heavy atom. The van der Waals surface area contributed by atoms with Gasteiger partial charge >= 0.3 is 0 Å². The Hall–Kier alpha value is -3.27. The van der Waals surface area contributed by atoms with Crippen LogP contribution in [-0.2, 0) is 14.4 Å². The molecule has 3 amide bonds. The lowest BCUT2D eigenvalue weighted by molar-refractivity contribution is -0.139. The van der Waals surface area contributed by atoms with E-state index in [9.17, 15) is 19.5 Å². The number of fused-ring (bicyclic) bond motifs is 2. The van der Waals surface area contributed by atoms with Crippen molar-refractivity contribution in [2.24, 2.45) is 11.8 Å². The van der Waals surface area contributed by atoms with Gasteiger partial charge < -0.3 is 24.5 Å². The van der Waals surface area contributed by atoms with Crippen molar-refractivity contribution in [2.75, 3.05) is 42.6 Å². The van der Waals surface area contributed by atoms with Crippen molar-refractivity contribution in [3.8, 4) is 5.75 Å². The molecule has 0 radical (unpaired) electrons. The molecule has 0 aromatic heterocycles. The number of para-hydroxylation sites is 1. The molecule has 1 N–H and O–H groups in total. The second-order valence-corrected chi connectivity index (χ2v) is 13.7. The van der Waals surface area contributed by atoms with Gasteiger partial charge in [-0.05, 0) is 63.1 Å². The van der Waals surface area contributed by atoms with Crippen molar-refractivity contribution >= 4 is 52.5 Å². The Morgan fingerprint density at radius 3 is 2.37 bits per heavy atom. The molecule has 5 atom stereocenters. The zero-order valence-corrected chi connectivity index (χ0v) is 25.9. The van der Waals surface area contributed by atoms with Crippen molar-refractivity contribution in [3.05, 3.63) is 77.9 Å². The van der Waals surface area contributed by atoms with Crippen molar-refractivity contribution in [3.63, 3.8) is 0 Å². The van der Waals surface area contributed by atoms with Crippen LogP contribution in [0.5, 0.6) is 5.75 Å². The normalized spacial score (nSPS) is 29.8. The highest BCUT2D eigenvalue weighted by Gasteiger charge is 2.74. The van der Waals surface area contributed by atoms with E-state index in [4.69, 9.17) is 16.3 Å². The third-order valence-electron chi connectivity index (χ3n) is 8.97. The Labute approximate surface area is 261 Å². The standard InChI is InChI=1S/C33H36ClN3O5S/c1-3-42-23-14-12-22(13-15-23)35-19-8-16-32(2)26(29(35)39)27-30(40)37(18-6-7-21-38)28-31(41)36(20-9-17-33(27,28)43-32)25-11-5-4-10-24(25)34/h4-5,8-17,26-28,38H,3,6-7,18-21H2,1-2H3/t26-,27+,28?,32+,33+/m1/s1. The van der Waals surface area contributed by atoms with E-state index in [-0.39, 0.29) is 24.3 Å². The lowest BCUT2D eigenvalue weighted by Gasteiger charge is -2.37. The number of aliphatic hydroxyl groups excluding tert-OH is 1. The molecule has 0 aliphatic carbocycles. The highest BCUT2D eigenvalue weighted by Crippen LogP contribution is 2.65. The minimum absolute atomic E-state index is 0.00333. The van der Waals surface area contributed by atoms with Gasteiger partial charge in [0.05, 0.1) is 33.9 Å². The number of carbonyl (C=O) groups excluding carboxylic acids is 3.